The van der Waals surface area contributed by atoms with E-state index in [2.05, 4.69) is 10.2 Å². The molecule has 134 valence electrons. The summed E-state index contributed by atoms with van der Waals surface area (Å²) in [7, 11) is 4.00. The fourth-order valence-corrected chi connectivity index (χ4v) is 2.74. The molecule has 2 aromatic rings. The van der Waals surface area contributed by atoms with Gasteiger partial charge in [-0.1, -0.05) is 35.9 Å². The van der Waals surface area contributed by atoms with Gasteiger partial charge in [-0.25, -0.2) is 0 Å². The third kappa shape index (κ3) is 6.07. The SMILES string of the molecule is CCOc1ccc(CC(=O)NCC(c2ccc(Cl)cc2)N(C)C)cc1. The van der Waals surface area contributed by atoms with E-state index in [-0.39, 0.29) is 11.9 Å². The zero-order chi connectivity index (χ0) is 18.2. The first-order chi connectivity index (χ1) is 12.0. The first kappa shape index (κ1) is 19.3. The van der Waals surface area contributed by atoms with E-state index in [0.717, 1.165) is 16.9 Å². The number of hydrogen-bond donors (Lipinski definition) is 1. The van der Waals surface area contributed by atoms with Crippen molar-refractivity contribution in [1.29, 1.82) is 0 Å². The number of benzene rings is 2. The number of nitrogens with one attached hydrogen (secondary N) is 1. The van der Waals surface area contributed by atoms with Crippen LogP contribution in [0, 0.1) is 0 Å². The van der Waals surface area contributed by atoms with Gasteiger partial charge in [0, 0.05) is 11.6 Å². The van der Waals surface area contributed by atoms with Crippen LogP contribution >= 0.6 is 11.6 Å². The van der Waals surface area contributed by atoms with Crippen molar-refractivity contribution in [2.75, 3.05) is 27.2 Å². The lowest BCUT2D eigenvalue weighted by Gasteiger charge is -2.25. The van der Waals surface area contributed by atoms with Gasteiger partial charge in [-0.05, 0) is 56.4 Å². The van der Waals surface area contributed by atoms with E-state index in [9.17, 15) is 4.79 Å². The first-order valence-corrected chi connectivity index (χ1v) is 8.77. The summed E-state index contributed by atoms with van der Waals surface area (Å²) >= 11 is 5.95. The number of hydrogen-bond acceptors (Lipinski definition) is 3. The van der Waals surface area contributed by atoms with Gasteiger partial charge in [-0.3, -0.25) is 4.79 Å². The molecule has 0 saturated heterocycles. The molecule has 0 heterocycles. The molecule has 0 radical (unpaired) electrons. The minimum absolute atomic E-state index is 0.00461. The van der Waals surface area contributed by atoms with Gasteiger partial charge in [0.15, 0.2) is 0 Å². The smallest absolute Gasteiger partial charge is 0.224 e. The largest absolute Gasteiger partial charge is 0.494 e. The summed E-state index contributed by atoms with van der Waals surface area (Å²) in [5.74, 6) is 0.826. The van der Waals surface area contributed by atoms with Gasteiger partial charge < -0.3 is 15.0 Å². The molecular weight excluding hydrogens is 336 g/mol. The number of halogens is 1. The average Bonchev–Trinajstić information content (AvgIpc) is 2.58. The molecule has 2 rings (SSSR count). The maximum absolute atomic E-state index is 12.3. The van der Waals surface area contributed by atoms with E-state index in [4.69, 9.17) is 16.3 Å². The van der Waals surface area contributed by atoms with Crippen LogP contribution in [-0.2, 0) is 11.2 Å². The van der Waals surface area contributed by atoms with E-state index in [1.54, 1.807) is 0 Å². The number of carbonyl (C=O) groups is 1. The molecule has 0 aromatic heterocycles. The summed E-state index contributed by atoms with van der Waals surface area (Å²) in [6, 6.07) is 15.5. The summed E-state index contributed by atoms with van der Waals surface area (Å²) in [4.78, 5) is 14.3. The number of likely N-dealkylation sites (N-methyl/N-ethyl adjacent to an activating group) is 1. The van der Waals surface area contributed by atoms with Crippen molar-refractivity contribution in [3.63, 3.8) is 0 Å². The number of amides is 1. The lowest BCUT2D eigenvalue weighted by Crippen LogP contribution is -2.35. The van der Waals surface area contributed by atoms with Gasteiger partial charge in [0.1, 0.15) is 5.75 Å². The Labute approximate surface area is 154 Å². The molecule has 4 nitrogen and oxygen atoms in total. The van der Waals surface area contributed by atoms with Gasteiger partial charge in [0.05, 0.1) is 19.1 Å². The van der Waals surface area contributed by atoms with Crippen LogP contribution in [0.25, 0.3) is 0 Å². The predicted octanol–water partition coefficient (Wildman–Crippen LogP) is 3.70. The second-order valence-corrected chi connectivity index (χ2v) is 6.53. The number of rotatable bonds is 8. The average molecular weight is 361 g/mol. The first-order valence-electron chi connectivity index (χ1n) is 8.40. The van der Waals surface area contributed by atoms with Crippen molar-refractivity contribution in [3.8, 4) is 5.75 Å². The molecule has 0 bridgehead atoms. The Bertz CT molecular complexity index is 669. The maximum atomic E-state index is 12.3. The molecule has 2 aromatic carbocycles. The molecule has 0 aliphatic heterocycles. The van der Waals surface area contributed by atoms with E-state index in [1.807, 2.05) is 69.6 Å². The molecular formula is C20H25ClN2O2. The van der Waals surface area contributed by atoms with Crippen LogP contribution in [0.4, 0.5) is 0 Å². The molecule has 25 heavy (non-hydrogen) atoms. The van der Waals surface area contributed by atoms with Gasteiger partial charge in [-0.2, -0.15) is 0 Å². The van der Waals surface area contributed by atoms with Crippen LogP contribution in [0.5, 0.6) is 5.75 Å². The van der Waals surface area contributed by atoms with Gasteiger partial charge >= 0.3 is 0 Å². The lowest BCUT2D eigenvalue weighted by molar-refractivity contribution is -0.120. The van der Waals surface area contributed by atoms with Gasteiger partial charge in [0.25, 0.3) is 0 Å². The Morgan fingerprint density at radius 1 is 1.12 bits per heavy atom. The van der Waals surface area contributed by atoms with E-state index >= 15 is 0 Å². The Hall–Kier alpha value is -2.04. The van der Waals surface area contributed by atoms with Gasteiger partial charge in [-0.15, -0.1) is 0 Å². The third-order valence-corrected chi connectivity index (χ3v) is 4.22. The molecule has 0 saturated carbocycles. The van der Waals surface area contributed by atoms with E-state index < -0.39 is 0 Å². The normalized spacial score (nSPS) is 12.0. The van der Waals surface area contributed by atoms with E-state index in [0.29, 0.717) is 24.6 Å². The second kappa shape index (κ2) is 9.44. The van der Waals surface area contributed by atoms with Gasteiger partial charge in [0.2, 0.25) is 5.91 Å². The molecule has 0 aliphatic carbocycles. The maximum Gasteiger partial charge on any atom is 0.224 e. The molecule has 1 atom stereocenters. The third-order valence-electron chi connectivity index (χ3n) is 3.97. The minimum Gasteiger partial charge on any atom is -0.494 e. The van der Waals surface area contributed by atoms with E-state index in [1.165, 1.54) is 0 Å². The summed E-state index contributed by atoms with van der Waals surface area (Å²) in [5.41, 5.74) is 2.09. The fourth-order valence-electron chi connectivity index (χ4n) is 2.61. The molecule has 5 heteroatoms. The number of ether oxygens (including phenoxy) is 1. The molecule has 0 aliphatic rings. The molecule has 1 N–H and O–H groups in total. The highest BCUT2D eigenvalue weighted by Gasteiger charge is 2.15. The fraction of sp³-hybridized carbons (Fsp3) is 0.350. The highest BCUT2D eigenvalue weighted by atomic mass is 35.5. The van der Waals surface area contributed by atoms with Crippen LogP contribution in [0.3, 0.4) is 0 Å². The molecule has 0 fully saturated rings. The summed E-state index contributed by atoms with van der Waals surface area (Å²) < 4.78 is 5.41. The predicted molar refractivity (Wildman–Crippen MR) is 102 cm³/mol. The van der Waals surface area contributed by atoms with Crippen molar-refractivity contribution in [2.24, 2.45) is 0 Å². The molecule has 1 amide bonds. The zero-order valence-corrected chi connectivity index (χ0v) is 15.7. The highest BCUT2D eigenvalue weighted by Crippen LogP contribution is 2.20. The molecule has 0 spiro atoms. The Balaban J connectivity index is 1.91. The lowest BCUT2D eigenvalue weighted by atomic mass is 10.1. The standard InChI is InChI=1S/C20H25ClN2O2/c1-4-25-18-11-5-15(6-12-18)13-20(24)22-14-19(23(2)3)16-7-9-17(21)10-8-16/h5-12,19H,4,13-14H2,1-3H3,(H,22,24). The van der Waals surface area contributed by atoms with Crippen molar-refractivity contribution in [1.82, 2.24) is 10.2 Å². The Kier molecular flexibility index (Phi) is 7.29. The van der Waals surface area contributed by atoms with Crippen LogP contribution in [0.2, 0.25) is 5.02 Å². The summed E-state index contributed by atoms with van der Waals surface area (Å²) in [6.45, 7) is 3.13. The monoisotopic (exact) mass is 360 g/mol. The number of nitrogens with zero attached hydrogens (tertiary/aromatic N) is 1. The highest BCUT2D eigenvalue weighted by molar-refractivity contribution is 6.30. The summed E-state index contributed by atoms with van der Waals surface area (Å²) in [5, 5.41) is 3.73. The molecule has 1 unspecified atom stereocenters. The van der Waals surface area contributed by atoms with Crippen molar-refractivity contribution in [2.45, 2.75) is 19.4 Å². The quantitative estimate of drug-likeness (QED) is 0.780. The van der Waals surface area contributed by atoms with Crippen LogP contribution in [-0.4, -0.2) is 38.1 Å². The van der Waals surface area contributed by atoms with Crippen molar-refractivity contribution in [3.05, 3.63) is 64.7 Å². The Morgan fingerprint density at radius 3 is 2.32 bits per heavy atom. The second-order valence-electron chi connectivity index (χ2n) is 6.09. The number of carbonyl (C=O) groups excluding carboxylic acids is 1. The van der Waals surface area contributed by atoms with Crippen molar-refractivity contribution >= 4 is 17.5 Å². The van der Waals surface area contributed by atoms with Crippen molar-refractivity contribution < 1.29 is 9.53 Å². The van der Waals surface area contributed by atoms with Crippen LogP contribution in [0.1, 0.15) is 24.1 Å². The van der Waals surface area contributed by atoms with Crippen LogP contribution < -0.4 is 10.1 Å². The topological polar surface area (TPSA) is 41.6 Å². The summed E-state index contributed by atoms with van der Waals surface area (Å²) in [6.07, 6.45) is 0.354. The van der Waals surface area contributed by atoms with Crippen LogP contribution in [0.15, 0.2) is 48.5 Å². The zero-order valence-electron chi connectivity index (χ0n) is 15.0. The minimum atomic E-state index is 0.00461. The Morgan fingerprint density at radius 2 is 1.76 bits per heavy atom.